The number of carbonyl (C=O) groups excluding carboxylic acids is 2. The molecule has 1 aromatic carbocycles. The van der Waals surface area contributed by atoms with Gasteiger partial charge in [-0.2, -0.15) is 0 Å². The van der Waals surface area contributed by atoms with Crippen LogP contribution in [-0.2, 0) is 14.3 Å². The zero-order valence-electron chi connectivity index (χ0n) is 15.6. The van der Waals surface area contributed by atoms with Gasteiger partial charge in [0.25, 0.3) is 0 Å². The van der Waals surface area contributed by atoms with Gasteiger partial charge in [-0.15, -0.1) is 0 Å². The maximum Gasteiger partial charge on any atom is 0.336 e. The van der Waals surface area contributed by atoms with Gasteiger partial charge >= 0.3 is 5.97 Å². The van der Waals surface area contributed by atoms with Crippen LogP contribution >= 0.6 is 0 Å². The van der Waals surface area contributed by atoms with Gasteiger partial charge in [0.1, 0.15) is 5.82 Å². The van der Waals surface area contributed by atoms with E-state index in [4.69, 9.17) is 4.74 Å². The molecule has 0 aromatic heterocycles. The van der Waals surface area contributed by atoms with Crippen LogP contribution in [0.3, 0.4) is 0 Å². The first-order valence-electron chi connectivity index (χ1n) is 8.95. The standard InChI is InChI=1S/C21H24FNO3/c1-5-26-20(25)16-12(2)23-15-10-11-21(3,4)19(24)18(15)17(16)13-8-6-7-9-14(13)22/h6-9,17,23H,5,10-11H2,1-4H3/t17-/m0/s1. The zero-order chi connectivity index (χ0) is 19.1. The van der Waals surface area contributed by atoms with Gasteiger partial charge in [-0.1, -0.05) is 32.0 Å². The number of nitrogens with one attached hydrogen (secondary N) is 1. The lowest BCUT2D eigenvalue weighted by atomic mass is 9.67. The van der Waals surface area contributed by atoms with E-state index in [0.29, 0.717) is 35.2 Å². The summed E-state index contributed by atoms with van der Waals surface area (Å²) in [5.41, 5.74) is 1.97. The van der Waals surface area contributed by atoms with E-state index in [1.165, 1.54) is 6.07 Å². The van der Waals surface area contributed by atoms with Crippen LogP contribution in [0.4, 0.5) is 4.39 Å². The van der Waals surface area contributed by atoms with Gasteiger partial charge in [0.15, 0.2) is 5.78 Å². The van der Waals surface area contributed by atoms with Crippen molar-refractivity contribution in [2.75, 3.05) is 6.61 Å². The molecular formula is C21H24FNO3. The van der Waals surface area contributed by atoms with E-state index in [-0.39, 0.29) is 12.4 Å². The van der Waals surface area contributed by atoms with Gasteiger partial charge in [0.2, 0.25) is 0 Å². The van der Waals surface area contributed by atoms with Crippen molar-refractivity contribution in [2.45, 2.75) is 46.5 Å². The Bertz CT molecular complexity index is 835. The Morgan fingerprint density at radius 3 is 2.69 bits per heavy atom. The van der Waals surface area contributed by atoms with E-state index < -0.39 is 23.1 Å². The number of allylic oxidation sites excluding steroid dienone is 3. The largest absolute Gasteiger partial charge is 0.463 e. The summed E-state index contributed by atoms with van der Waals surface area (Å²) < 4.78 is 19.9. The van der Waals surface area contributed by atoms with Crippen molar-refractivity contribution in [3.05, 3.63) is 58.2 Å². The number of hydrogen-bond donors (Lipinski definition) is 1. The van der Waals surface area contributed by atoms with Crippen LogP contribution in [0, 0.1) is 11.2 Å². The highest BCUT2D eigenvalue weighted by Crippen LogP contribution is 2.47. The molecule has 0 fully saturated rings. The molecule has 4 nitrogen and oxygen atoms in total. The fraction of sp³-hybridized carbons (Fsp3) is 0.429. The molecule has 0 spiro atoms. The maximum absolute atomic E-state index is 14.7. The predicted molar refractivity (Wildman–Crippen MR) is 96.7 cm³/mol. The lowest BCUT2D eigenvalue weighted by Gasteiger charge is -2.39. The van der Waals surface area contributed by atoms with Crippen molar-refractivity contribution in [1.82, 2.24) is 5.32 Å². The van der Waals surface area contributed by atoms with Gasteiger partial charge < -0.3 is 10.1 Å². The minimum atomic E-state index is -0.751. The molecule has 0 saturated heterocycles. The second-order valence-electron chi connectivity index (χ2n) is 7.44. The number of rotatable bonds is 3. The fourth-order valence-corrected chi connectivity index (χ4v) is 3.78. The molecule has 138 valence electrons. The highest BCUT2D eigenvalue weighted by atomic mass is 19.1. The first-order valence-corrected chi connectivity index (χ1v) is 8.95. The van der Waals surface area contributed by atoms with Crippen molar-refractivity contribution >= 4 is 11.8 Å². The maximum atomic E-state index is 14.7. The zero-order valence-corrected chi connectivity index (χ0v) is 15.6. The number of ketones is 1. The minimum absolute atomic E-state index is 0.0474. The monoisotopic (exact) mass is 357 g/mol. The SMILES string of the molecule is CCOC(=O)C1=C(C)NC2=C(C(=O)C(C)(C)CC2)[C@H]1c1ccccc1F. The van der Waals surface area contributed by atoms with Crippen molar-refractivity contribution in [3.63, 3.8) is 0 Å². The van der Waals surface area contributed by atoms with Gasteiger partial charge in [-0.3, -0.25) is 4.79 Å². The number of dihydropyridines is 1. The Balaban J connectivity index is 2.23. The quantitative estimate of drug-likeness (QED) is 0.831. The highest BCUT2D eigenvalue weighted by Gasteiger charge is 2.45. The number of hydrogen-bond acceptors (Lipinski definition) is 4. The van der Waals surface area contributed by atoms with Gasteiger partial charge in [-0.25, -0.2) is 9.18 Å². The van der Waals surface area contributed by atoms with Crippen LogP contribution in [0.15, 0.2) is 46.8 Å². The lowest BCUT2D eigenvalue weighted by molar-refractivity contribution is -0.138. The first-order chi connectivity index (χ1) is 12.3. The molecule has 0 unspecified atom stereocenters. The number of carbonyl (C=O) groups is 2. The summed E-state index contributed by atoms with van der Waals surface area (Å²) in [6.07, 6.45) is 1.40. The Labute approximate surface area is 153 Å². The van der Waals surface area contributed by atoms with Crippen LogP contribution in [-0.4, -0.2) is 18.4 Å². The van der Waals surface area contributed by atoms with Crippen LogP contribution < -0.4 is 5.32 Å². The molecule has 1 heterocycles. The van der Waals surface area contributed by atoms with Crippen molar-refractivity contribution in [2.24, 2.45) is 5.41 Å². The van der Waals surface area contributed by atoms with E-state index in [2.05, 4.69) is 5.32 Å². The third-order valence-corrected chi connectivity index (χ3v) is 5.22. The summed E-state index contributed by atoms with van der Waals surface area (Å²) in [5.74, 6) is -1.75. The average molecular weight is 357 g/mol. The van der Waals surface area contributed by atoms with E-state index in [1.807, 2.05) is 13.8 Å². The molecule has 0 amide bonds. The summed E-state index contributed by atoms with van der Waals surface area (Å²) in [4.78, 5) is 25.9. The highest BCUT2D eigenvalue weighted by molar-refractivity contribution is 6.06. The molecule has 2 aliphatic rings. The fourth-order valence-electron chi connectivity index (χ4n) is 3.78. The second-order valence-corrected chi connectivity index (χ2v) is 7.44. The molecule has 0 bridgehead atoms. The van der Waals surface area contributed by atoms with Crippen molar-refractivity contribution < 1.29 is 18.7 Å². The predicted octanol–water partition coefficient (Wildman–Crippen LogP) is 3.99. The smallest absolute Gasteiger partial charge is 0.336 e. The van der Waals surface area contributed by atoms with Crippen molar-refractivity contribution in [3.8, 4) is 0 Å². The summed E-state index contributed by atoms with van der Waals surface area (Å²) in [7, 11) is 0. The van der Waals surface area contributed by atoms with Gasteiger partial charge in [0, 0.05) is 27.9 Å². The normalized spacial score (nSPS) is 22.0. The Hall–Kier alpha value is -2.43. The Kier molecular flexibility index (Phi) is 4.74. The number of ether oxygens (including phenoxy) is 1. The molecule has 26 heavy (non-hydrogen) atoms. The third-order valence-electron chi connectivity index (χ3n) is 5.22. The minimum Gasteiger partial charge on any atom is -0.463 e. The molecule has 3 rings (SSSR count). The number of benzene rings is 1. The molecule has 0 radical (unpaired) electrons. The summed E-state index contributed by atoms with van der Waals surface area (Å²) >= 11 is 0. The van der Waals surface area contributed by atoms with E-state index in [9.17, 15) is 14.0 Å². The van der Waals surface area contributed by atoms with Crippen LogP contribution in [0.5, 0.6) is 0 Å². The number of esters is 1. The average Bonchev–Trinajstić information content (AvgIpc) is 2.58. The molecular weight excluding hydrogens is 333 g/mol. The lowest BCUT2D eigenvalue weighted by Crippen LogP contribution is -2.40. The summed E-state index contributed by atoms with van der Waals surface area (Å²) in [6, 6.07) is 6.31. The van der Waals surface area contributed by atoms with E-state index in [0.717, 1.165) is 5.70 Å². The van der Waals surface area contributed by atoms with Crippen LogP contribution in [0.2, 0.25) is 0 Å². The number of Topliss-reactive ketones (excluding diaryl/α,β-unsaturated/α-hetero) is 1. The summed E-state index contributed by atoms with van der Waals surface area (Å²) in [5, 5.41) is 3.21. The van der Waals surface area contributed by atoms with Crippen LogP contribution in [0.1, 0.15) is 52.0 Å². The van der Waals surface area contributed by atoms with E-state index >= 15 is 0 Å². The molecule has 1 N–H and O–H groups in total. The Morgan fingerprint density at radius 1 is 1.35 bits per heavy atom. The molecule has 1 aliphatic heterocycles. The molecule has 1 atom stereocenters. The topological polar surface area (TPSA) is 55.4 Å². The molecule has 5 heteroatoms. The second kappa shape index (κ2) is 6.71. The van der Waals surface area contributed by atoms with Gasteiger partial charge in [-0.05, 0) is 32.8 Å². The van der Waals surface area contributed by atoms with Gasteiger partial charge in [0.05, 0.1) is 18.1 Å². The van der Waals surface area contributed by atoms with Crippen LogP contribution in [0.25, 0.3) is 0 Å². The first kappa shape index (κ1) is 18.4. The molecule has 1 aliphatic carbocycles. The number of halogens is 1. The van der Waals surface area contributed by atoms with E-state index in [1.54, 1.807) is 32.0 Å². The third kappa shape index (κ3) is 2.96. The summed E-state index contributed by atoms with van der Waals surface area (Å²) in [6.45, 7) is 7.50. The molecule has 0 saturated carbocycles. The molecule has 1 aromatic rings. The van der Waals surface area contributed by atoms with Crippen molar-refractivity contribution in [1.29, 1.82) is 0 Å². The Morgan fingerprint density at radius 2 is 2.04 bits per heavy atom.